The number of rotatable bonds is 4. The molecule has 0 spiro atoms. The van der Waals surface area contributed by atoms with E-state index < -0.39 is 0 Å². The van der Waals surface area contributed by atoms with Crippen LogP contribution < -0.4 is 5.32 Å². The second kappa shape index (κ2) is 5.15. The zero-order chi connectivity index (χ0) is 12.4. The molecule has 0 saturated heterocycles. The maximum absolute atomic E-state index is 13.4. The second-order valence-corrected chi connectivity index (χ2v) is 4.92. The Bertz CT molecular complexity index is 388. The maximum atomic E-state index is 13.4. The molecule has 1 aliphatic rings. The van der Waals surface area contributed by atoms with E-state index in [1.165, 1.54) is 0 Å². The molecule has 1 atom stereocenters. The summed E-state index contributed by atoms with van der Waals surface area (Å²) in [6.07, 6.45) is 2.50. The predicted molar refractivity (Wildman–Crippen MR) is 66.5 cm³/mol. The minimum Gasteiger partial charge on any atom is -0.381 e. The highest BCUT2D eigenvalue weighted by Crippen LogP contribution is 2.26. The van der Waals surface area contributed by atoms with E-state index in [-0.39, 0.29) is 11.9 Å². The maximum Gasteiger partial charge on any atom is 0.126 e. The van der Waals surface area contributed by atoms with E-state index in [9.17, 15) is 4.39 Å². The molecule has 0 aromatic heterocycles. The van der Waals surface area contributed by atoms with Crippen LogP contribution in [-0.2, 0) is 4.74 Å². The molecule has 1 aliphatic carbocycles. The first-order valence-electron chi connectivity index (χ1n) is 6.15. The van der Waals surface area contributed by atoms with Crippen LogP contribution in [0.5, 0.6) is 0 Å². The molecule has 2 rings (SSSR count). The lowest BCUT2D eigenvalue weighted by Crippen LogP contribution is -2.45. The van der Waals surface area contributed by atoms with Crippen molar-refractivity contribution in [3.8, 4) is 0 Å². The van der Waals surface area contributed by atoms with Crippen LogP contribution in [0.1, 0.15) is 36.9 Å². The van der Waals surface area contributed by atoms with Gasteiger partial charge in [0.15, 0.2) is 0 Å². The van der Waals surface area contributed by atoms with Crippen molar-refractivity contribution in [1.29, 1.82) is 0 Å². The molecule has 0 radical (unpaired) electrons. The van der Waals surface area contributed by atoms with E-state index in [2.05, 4.69) is 12.2 Å². The van der Waals surface area contributed by atoms with E-state index in [0.717, 1.165) is 18.4 Å². The monoisotopic (exact) mass is 237 g/mol. The van der Waals surface area contributed by atoms with Gasteiger partial charge in [0.05, 0.1) is 6.10 Å². The number of hydrogen-bond acceptors (Lipinski definition) is 2. The Labute approximate surface area is 102 Å². The fraction of sp³-hybridized carbons (Fsp3) is 0.571. The summed E-state index contributed by atoms with van der Waals surface area (Å²) in [4.78, 5) is 0. The van der Waals surface area contributed by atoms with Gasteiger partial charge in [0.2, 0.25) is 0 Å². The highest BCUT2D eigenvalue weighted by atomic mass is 19.1. The summed E-state index contributed by atoms with van der Waals surface area (Å²) >= 11 is 0. The molecule has 0 aliphatic heterocycles. The summed E-state index contributed by atoms with van der Waals surface area (Å²) in [5.74, 6) is -0.125. The number of halogens is 1. The molecule has 17 heavy (non-hydrogen) atoms. The van der Waals surface area contributed by atoms with Crippen LogP contribution in [-0.4, -0.2) is 19.3 Å². The van der Waals surface area contributed by atoms with Crippen LogP contribution in [0.15, 0.2) is 18.2 Å². The summed E-state index contributed by atoms with van der Waals surface area (Å²) in [5.41, 5.74) is 1.71. The van der Waals surface area contributed by atoms with Gasteiger partial charge in [0.25, 0.3) is 0 Å². The van der Waals surface area contributed by atoms with Gasteiger partial charge in [0, 0.05) is 19.2 Å². The molecule has 3 heteroatoms. The van der Waals surface area contributed by atoms with Crippen LogP contribution >= 0.6 is 0 Å². The van der Waals surface area contributed by atoms with Crippen molar-refractivity contribution in [2.75, 3.05) is 7.11 Å². The van der Waals surface area contributed by atoms with Crippen LogP contribution in [0.2, 0.25) is 0 Å². The van der Waals surface area contributed by atoms with E-state index >= 15 is 0 Å². The average molecular weight is 237 g/mol. The molecule has 0 heterocycles. The quantitative estimate of drug-likeness (QED) is 0.869. The number of methoxy groups -OCH3 is 1. The van der Waals surface area contributed by atoms with Gasteiger partial charge in [-0.25, -0.2) is 4.39 Å². The lowest BCUT2D eigenvalue weighted by molar-refractivity contribution is 0.0147. The first-order valence-corrected chi connectivity index (χ1v) is 6.15. The Hall–Kier alpha value is -0.930. The smallest absolute Gasteiger partial charge is 0.126 e. The lowest BCUT2D eigenvalue weighted by atomic mass is 9.88. The molecular formula is C14H20FNO. The largest absolute Gasteiger partial charge is 0.381 e. The molecule has 94 valence electrons. The minimum absolute atomic E-state index is 0.125. The van der Waals surface area contributed by atoms with Gasteiger partial charge in [-0.3, -0.25) is 0 Å². The Morgan fingerprint density at radius 2 is 2.12 bits per heavy atom. The van der Waals surface area contributed by atoms with Gasteiger partial charge in [-0.2, -0.15) is 0 Å². The number of ether oxygens (including phenoxy) is 1. The molecule has 2 nitrogen and oxygen atoms in total. The second-order valence-electron chi connectivity index (χ2n) is 4.92. The third kappa shape index (κ3) is 2.85. The van der Waals surface area contributed by atoms with Crippen molar-refractivity contribution in [2.45, 2.75) is 44.9 Å². The van der Waals surface area contributed by atoms with Crippen molar-refractivity contribution in [3.05, 3.63) is 35.1 Å². The lowest BCUT2D eigenvalue weighted by Gasteiger charge is -2.36. The minimum atomic E-state index is -0.125. The van der Waals surface area contributed by atoms with Crippen molar-refractivity contribution in [2.24, 2.45) is 0 Å². The zero-order valence-electron chi connectivity index (χ0n) is 10.7. The average Bonchev–Trinajstić information content (AvgIpc) is 2.26. The number of aryl methyl sites for hydroxylation is 1. The third-order valence-corrected chi connectivity index (χ3v) is 3.61. The number of nitrogens with one attached hydrogen (secondary N) is 1. The number of hydrogen-bond donors (Lipinski definition) is 1. The summed E-state index contributed by atoms with van der Waals surface area (Å²) in [6, 6.07) is 6.14. The molecule has 1 N–H and O–H groups in total. The fourth-order valence-corrected chi connectivity index (χ4v) is 2.22. The Morgan fingerprint density at radius 3 is 2.71 bits per heavy atom. The zero-order valence-corrected chi connectivity index (χ0v) is 10.7. The van der Waals surface area contributed by atoms with E-state index in [0.29, 0.717) is 17.7 Å². The van der Waals surface area contributed by atoms with Crippen LogP contribution in [0.25, 0.3) is 0 Å². The molecule has 0 bridgehead atoms. The molecule has 0 amide bonds. The van der Waals surface area contributed by atoms with Crippen LogP contribution in [0.4, 0.5) is 4.39 Å². The van der Waals surface area contributed by atoms with Crippen molar-refractivity contribution >= 4 is 0 Å². The first kappa shape index (κ1) is 12.5. The summed E-state index contributed by atoms with van der Waals surface area (Å²) < 4.78 is 18.7. The van der Waals surface area contributed by atoms with Crippen molar-refractivity contribution in [3.63, 3.8) is 0 Å². The highest BCUT2D eigenvalue weighted by Gasteiger charge is 2.29. The van der Waals surface area contributed by atoms with Gasteiger partial charge in [-0.15, -0.1) is 0 Å². The van der Waals surface area contributed by atoms with Gasteiger partial charge >= 0.3 is 0 Å². The number of benzene rings is 1. The molecule has 1 saturated carbocycles. The predicted octanol–water partition coefficient (Wildman–Crippen LogP) is 2.96. The molecular weight excluding hydrogens is 217 g/mol. The topological polar surface area (TPSA) is 21.3 Å². The standard InChI is InChI=1S/C14H20FNO/c1-9-4-5-11(6-14(9)15)10(2)16-12-7-13(8-12)17-3/h4-6,10,12-13,16H,7-8H2,1-3H3. The van der Waals surface area contributed by atoms with Crippen LogP contribution in [0, 0.1) is 12.7 Å². The summed E-state index contributed by atoms with van der Waals surface area (Å²) in [7, 11) is 1.75. The van der Waals surface area contributed by atoms with Gasteiger partial charge < -0.3 is 10.1 Å². The summed E-state index contributed by atoms with van der Waals surface area (Å²) in [6.45, 7) is 3.86. The fourth-order valence-electron chi connectivity index (χ4n) is 2.22. The SMILES string of the molecule is COC1CC(NC(C)c2ccc(C)c(F)c2)C1. The van der Waals surface area contributed by atoms with Crippen molar-refractivity contribution in [1.82, 2.24) is 5.32 Å². The molecule has 1 fully saturated rings. The van der Waals surface area contributed by atoms with Crippen molar-refractivity contribution < 1.29 is 9.13 Å². The van der Waals surface area contributed by atoms with Gasteiger partial charge in [0.1, 0.15) is 5.82 Å². The molecule has 1 unspecified atom stereocenters. The van der Waals surface area contributed by atoms with Crippen LogP contribution in [0.3, 0.4) is 0 Å². The third-order valence-electron chi connectivity index (χ3n) is 3.61. The van der Waals surface area contributed by atoms with Gasteiger partial charge in [-0.05, 0) is 43.9 Å². The van der Waals surface area contributed by atoms with E-state index in [1.807, 2.05) is 12.1 Å². The molecule has 1 aromatic rings. The van der Waals surface area contributed by atoms with Gasteiger partial charge in [-0.1, -0.05) is 12.1 Å². The Kier molecular flexibility index (Phi) is 3.79. The Morgan fingerprint density at radius 1 is 1.41 bits per heavy atom. The molecule has 1 aromatic carbocycles. The highest BCUT2D eigenvalue weighted by molar-refractivity contribution is 5.25. The Balaban J connectivity index is 1.91. The normalized spacial score (nSPS) is 25.4. The van der Waals surface area contributed by atoms with E-state index in [1.54, 1.807) is 20.1 Å². The summed E-state index contributed by atoms with van der Waals surface area (Å²) in [5, 5.41) is 3.50. The first-order chi connectivity index (χ1) is 8.10. The van der Waals surface area contributed by atoms with E-state index in [4.69, 9.17) is 4.74 Å².